The Morgan fingerprint density at radius 3 is 2.30 bits per heavy atom. The van der Waals surface area contributed by atoms with Crippen molar-refractivity contribution >= 4 is 17.1 Å². The number of nitrogens with two attached hydrogens (primary N) is 1. The number of aliphatic hydroxyl groups is 2. The molecule has 0 radical (unpaired) electrons. The smallest absolute Gasteiger partial charge is 0.287 e. The number of halogens is 5. The molecule has 4 N–H and O–H groups in total. The summed E-state index contributed by atoms with van der Waals surface area (Å²) in [5.41, 5.74) is 2.01. The van der Waals surface area contributed by atoms with Gasteiger partial charge in [0.2, 0.25) is 11.8 Å². The Bertz CT molecular complexity index is 1200. The lowest BCUT2D eigenvalue weighted by Gasteiger charge is -2.15. The largest absolute Gasteiger partial charge is 0.394 e. The zero-order chi connectivity index (χ0) is 21.9. The second-order valence-electron chi connectivity index (χ2n) is 6.47. The molecule has 0 aliphatic carbocycles. The lowest BCUT2D eigenvalue weighted by Crippen LogP contribution is -2.27. The van der Waals surface area contributed by atoms with E-state index < -0.39 is 76.8 Å². The van der Waals surface area contributed by atoms with Crippen LogP contribution >= 0.6 is 0 Å². The molecular formula is C16H12F5N5O4. The van der Waals surface area contributed by atoms with Crippen molar-refractivity contribution in [3.05, 3.63) is 45.8 Å². The van der Waals surface area contributed by atoms with Gasteiger partial charge in [-0.1, -0.05) is 0 Å². The van der Waals surface area contributed by atoms with E-state index in [4.69, 9.17) is 10.5 Å². The topological polar surface area (TPSA) is 128 Å². The maximum Gasteiger partial charge on any atom is 0.287 e. The third-order valence-electron chi connectivity index (χ3n) is 4.73. The zero-order valence-corrected chi connectivity index (χ0v) is 14.7. The van der Waals surface area contributed by atoms with Crippen LogP contribution in [-0.2, 0) is 4.74 Å². The summed E-state index contributed by atoms with van der Waals surface area (Å²) in [5.74, 6) is -12.3. The van der Waals surface area contributed by atoms with Gasteiger partial charge in [0, 0.05) is 6.42 Å². The summed E-state index contributed by atoms with van der Waals surface area (Å²) in [6, 6.07) is 0. The number of hydrogen-bond donors (Lipinski definition) is 3. The third kappa shape index (κ3) is 2.75. The van der Waals surface area contributed by atoms with Crippen LogP contribution < -0.4 is 11.3 Å². The van der Waals surface area contributed by atoms with Gasteiger partial charge >= 0.3 is 0 Å². The highest BCUT2D eigenvalue weighted by atomic mass is 19.2. The average molecular weight is 433 g/mol. The lowest BCUT2D eigenvalue weighted by molar-refractivity contribution is -0.0432. The first-order chi connectivity index (χ1) is 14.2. The van der Waals surface area contributed by atoms with Crippen LogP contribution in [0.4, 0.5) is 27.9 Å². The van der Waals surface area contributed by atoms with Crippen LogP contribution in [0.15, 0.2) is 11.1 Å². The standard InChI is InChI=1S/C16H12F5N5O4/c17-7-8(18)10(20)13(11(21)9(7)19)26-15(29)12-14(24-16(26)22)25(3-23-12)6-1-4(28)5(2-27)30-6/h3-6,27-28H,1-2H2,(H2,22,24)/t4-,5+,6+/m0/s1. The van der Waals surface area contributed by atoms with E-state index >= 15 is 0 Å². The first-order valence-corrected chi connectivity index (χ1v) is 8.38. The van der Waals surface area contributed by atoms with Gasteiger partial charge in [0.15, 0.2) is 34.4 Å². The van der Waals surface area contributed by atoms with Crippen molar-refractivity contribution in [2.45, 2.75) is 24.9 Å². The van der Waals surface area contributed by atoms with Crippen LogP contribution in [0.1, 0.15) is 12.6 Å². The van der Waals surface area contributed by atoms with Crippen LogP contribution in [0, 0.1) is 29.1 Å². The van der Waals surface area contributed by atoms with Gasteiger partial charge in [-0.15, -0.1) is 0 Å². The van der Waals surface area contributed by atoms with Crippen LogP contribution in [0.25, 0.3) is 16.9 Å². The molecule has 160 valence electrons. The second kappa shape index (κ2) is 7.00. The number of anilines is 1. The molecule has 0 spiro atoms. The molecule has 0 unspecified atom stereocenters. The minimum atomic E-state index is -2.39. The molecule has 3 atom stereocenters. The molecule has 1 aromatic carbocycles. The SMILES string of the molecule is Nc1nc2c(ncn2[C@H]2C[C@H](O)[C@@H](CO)O2)c(=O)n1-c1c(F)c(F)c(F)c(F)c1F. The Hall–Kier alpha value is -3.10. The van der Waals surface area contributed by atoms with Gasteiger partial charge in [-0.2, -0.15) is 4.98 Å². The molecule has 1 saturated heterocycles. The summed E-state index contributed by atoms with van der Waals surface area (Å²) in [5, 5.41) is 19.0. The highest BCUT2D eigenvalue weighted by Gasteiger charge is 2.36. The quantitative estimate of drug-likeness (QED) is 0.312. The van der Waals surface area contributed by atoms with Crippen molar-refractivity contribution < 1.29 is 36.9 Å². The highest BCUT2D eigenvalue weighted by Crippen LogP contribution is 2.31. The van der Waals surface area contributed by atoms with Gasteiger partial charge in [0.1, 0.15) is 18.0 Å². The maximum absolute atomic E-state index is 14.2. The Labute approximate surface area is 162 Å². The van der Waals surface area contributed by atoms with E-state index in [1.165, 1.54) is 4.57 Å². The van der Waals surface area contributed by atoms with Crippen molar-refractivity contribution in [3.63, 3.8) is 0 Å². The van der Waals surface area contributed by atoms with Gasteiger partial charge in [0.05, 0.1) is 19.0 Å². The van der Waals surface area contributed by atoms with E-state index in [1.54, 1.807) is 0 Å². The fourth-order valence-corrected chi connectivity index (χ4v) is 3.25. The Morgan fingerprint density at radius 2 is 1.73 bits per heavy atom. The monoisotopic (exact) mass is 433 g/mol. The molecule has 4 rings (SSSR count). The van der Waals surface area contributed by atoms with E-state index in [1.807, 2.05) is 0 Å². The minimum absolute atomic E-state index is 0.000995. The Balaban J connectivity index is 1.92. The number of imidazole rings is 1. The predicted octanol–water partition coefficient (Wildman–Crippen LogP) is 0.501. The van der Waals surface area contributed by atoms with Gasteiger partial charge < -0.3 is 20.7 Å². The molecule has 3 heterocycles. The summed E-state index contributed by atoms with van der Waals surface area (Å²) in [6.07, 6.45) is -1.77. The second-order valence-corrected chi connectivity index (χ2v) is 6.47. The minimum Gasteiger partial charge on any atom is -0.394 e. The lowest BCUT2D eigenvalue weighted by atomic mass is 10.2. The molecule has 9 nitrogen and oxygen atoms in total. The van der Waals surface area contributed by atoms with Gasteiger partial charge in [-0.3, -0.25) is 9.36 Å². The number of nitrogen functional groups attached to an aromatic ring is 1. The van der Waals surface area contributed by atoms with Gasteiger partial charge in [0.25, 0.3) is 5.56 Å². The van der Waals surface area contributed by atoms with Crippen LogP contribution in [-0.4, -0.2) is 48.1 Å². The molecule has 0 bridgehead atoms. The highest BCUT2D eigenvalue weighted by molar-refractivity contribution is 5.72. The van der Waals surface area contributed by atoms with E-state index in [0.29, 0.717) is 0 Å². The van der Waals surface area contributed by atoms with E-state index in [0.717, 1.165) is 6.33 Å². The van der Waals surface area contributed by atoms with Crippen molar-refractivity contribution in [3.8, 4) is 5.69 Å². The summed E-state index contributed by atoms with van der Waals surface area (Å²) in [7, 11) is 0. The number of hydrogen-bond acceptors (Lipinski definition) is 7. The summed E-state index contributed by atoms with van der Waals surface area (Å²) < 4.78 is 75.4. The van der Waals surface area contributed by atoms with E-state index in [-0.39, 0.29) is 16.6 Å². The third-order valence-corrected chi connectivity index (χ3v) is 4.73. The molecule has 0 saturated carbocycles. The van der Waals surface area contributed by atoms with Crippen LogP contribution in [0.3, 0.4) is 0 Å². The molecule has 1 fully saturated rings. The molecule has 0 amide bonds. The van der Waals surface area contributed by atoms with Crippen molar-refractivity contribution in [2.24, 2.45) is 0 Å². The fourth-order valence-electron chi connectivity index (χ4n) is 3.25. The van der Waals surface area contributed by atoms with Crippen LogP contribution in [0.2, 0.25) is 0 Å². The van der Waals surface area contributed by atoms with E-state index in [9.17, 15) is 37.0 Å². The van der Waals surface area contributed by atoms with Crippen molar-refractivity contribution in [1.82, 2.24) is 19.1 Å². The normalized spacial score (nSPS) is 21.6. The number of aromatic nitrogens is 4. The molecular weight excluding hydrogens is 421 g/mol. The van der Waals surface area contributed by atoms with Crippen LogP contribution in [0.5, 0.6) is 0 Å². The Kier molecular flexibility index (Phi) is 4.71. The molecule has 30 heavy (non-hydrogen) atoms. The molecule has 14 heteroatoms. The van der Waals surface area contributed by atoms with Gasteiger partial charge in [-0.05, 0) is 0 Å². The number of nitrogens with zero attached hydrogens (tertiary/aromatic N) is 4. The summed E-state index contributed by atoms with van der Waals surface area (Å²) >= 11 is 0. The average Bonchev–Trinajstić information content (AvgIpc) is 3.30. The summed E-state index contributed by atoms with van der Waals surface area (Å²) in [4.78, 5) is 20.3. The summed E-state index contributed by atoms with van der Waals surface area (Å²) in [6.45, 7) is -0.479. The van der Waals surface area contributed by atoms with Crippen molar-refractivity contribution in [2.75, 3.05) is 12.3 Å². The number of rotatable bonds is 3. The molecule has 2 aromatic heterocycles. The number of aliphatic hydroxyl groups excluding tert-OH is 2. The Morgan fingerprint density at radius 1 is 1.13 bits per heavy atom. The fraction of sp³-hybridized carbons (Fsp3) is 0.312. The van der Waals surface area contributed by atoms with Gasteiger partial charge in [-0.25, -0.2) is 31.5 Å². The molecule has 3 aromatic rings. The number of ether oxygens (including phenoxy) is 1. The number of fused-ring (bicyclic) bond motifs is 1. The van der Waals surface area contributed by atoms with Crippen molar-refractivity contribution in [1.29, 1.82) is 0 Å². The maximum atomic E-state index is 14.2. The van der Waals surface area contributed by atoms with E-state index in [2.05, 4.69) is 9.97 Å². The first-order valence-electron chi connectivity index (χ1n) is 8.38. The molecule has 1 aliphatic rings. The first kappa shape index (κ1) is 20.2. The predicted molar refractivity (Wildman–Crippen MR) is 88.9 cm³/mol. The molecule has 1 aliphatic heterocycles. The number of benzene rings is 1. The zero-order valence-electron chi connectivity index (χ0n) is 14.7.